The summed E-state index contributed by atoms with van der Waals surface area (Å²) in [7, 11) is 0. The molecule has 1 rings (SSSR count). The molecule has 0 aliphatic carbocycles. The van der Waals surface area contributed by atoms with Crippen LogP contribution in [0.1, 0.15) is 23.4 Å². The van der Waals surface area contributed by atoms with Crippen LogP contribution in [0, 0.1) is 18.6 Å². The van der Waals surface area contributed by atoms with E-state index in [1.54, 1.807) is 13.8 Å². The summed E-state index contributed by atoms with van der Waals surface area (Å²) in [6, 6.07) is 2.63. The summed E-state index contributed by atoms with van der Waals surface area (Å²) in [5.41, 5.74) is 0.371. The molecule has 0 nitrogen and oxygen atoms in total. The molecule has 12 heavy (non-hydrogen) atoms. The fourth-order valence-corrected chi connectivity index (χ4v) is 1.24. The van der Waals surface area contributed by atoms with E-state index < -0.39 is 17.0 Å². The molecule has 0 saturated heterocycles. The van der Waals surface area contributed by atoms with Gasteiger partial charge in [0.25, 0.3) is 0 Å². The van der Waals surface area contributed by atoms with E-state index in [-0.39, 0.29) is 5.56 Å². The Labute approximate surface area is 75.2 Å². The lowest BCUT2D eigenvalue weighted by Gasteiger charge is -2.08. The van der Waals surface area contributed by atoms with E-state index in [4.69, 9.17) is 11.6 Å². The Morgan fingerprint density at radius 3 is 2.33 bits per heavy atom. The van der Waals surface area contributed by atoms with E-state index >= 15 is 0 Å². The Morgan fingerprint density at radius 2 is 1.92 bits per heavy atom. The van der Waals surface area contributed by atoms with Crippen LogP contribution in [-0.4, -0.2) is 0 Å². The van der Waals surface area contributed by atoms with Crippen LogP contribution in [0.2, 0.25) is 0 Å². The minimum Gasteiger partial charge on any atom is -0.207 e. The monoisotopic (exact) mass is 190 g/mol. The first-order valence-corrected chi connectivity index (χ1v) is 4.06. The average molecular weight is 191 g/mol. The highest BCUT2D eigenvalue weighted by atomic mass is 35.5. The van der Waals surface area contributed by atoms with Crippen LogP contribution in [0.5, 0.6) is 0 Å². The van der Waals surface area contributed by atoms with Crippen LogP contribution in [-0.2, 0) is 0 Å². The number of alkyl halides is 1. The Balaban J connectivity index is 3.33. The van der Waals surface area contributed by atoms with Gasteiger partial charge in [-0.05, 0) is 25.5 Å². The molecule has 0 fully saturated rings. The van der Waals surface area contributed by atoms with E-state index in [2.05, 4.69) is 0 Å². The summed E-state index contributed by atoms with van der Waals surface area (Å²) in [6.07, 6.45) is 0. The lowest BCUT2D eigenvalue weighted by Crippen LogP contribution is -1.98. The third-order valence-electron chi connectivity index (χ3n) is 1.72. The summed E-state index contributed by atoms with van der Waals surface area (Å²) in [5, 5.41) is -0.634. The van der Waals surface area contributed by atoms with Gasteiger partial charge in [0.15, 0.2) is 0 Å². The van der Waals surface area contributed by atoms with E-state index in [0.29, 0.717) is 5.56 Å². The second-order valence-corrected chi connectivity index (χ2v) is 3.36. The normalized spacial score (nSPS) is 13.1. The highest BCUT2D eigenvalue weighted by Crippen LogP contribution is 2.26. The summed E-state index contributed by atoms with van der Waals surface area (Å²) >= 11 is 5.61. The van der Waals surface area contributed by atoms with Crippen LogP contribution in [0.3, 0.4) is 0 Å². The molecule has 1 aromatic carbocycles. The number of rotatable bonds is 1. The fraction of sp³-hybridized carbons (Fsp3) is 0.333. The van der Waals surface area contributed by atoms with Gasteiger partial charge in [-0.25, -0.2) is 8.78 Å². The maximum absolute atomic E-state index is 13.2. The van der Waals surface area contributed by atoms with Crippen LogP contribution < -0.4 is 0 Å². The van der Waals surface area contributed by atoms with Crippen molar-refractivity contribution in [3.05, 3.63) is 34.9 Å². The molecule has 1 aromatic rings. The molecule has 0 aliphatic heterocycles. The summed E-state index contributed by atoms with van der Waals surface area (Å²) < 4.78 is 26.1. The number of halogens is 3. The van der Waals surface area contributed by atoms with Gasteiger partial charge in [0.1, 0.15) is 11.6 Å². The predicted octanol–water partition coefficient (Wildman–Crippen LogP) is 3.57. The first kappa shape index (κ1) is 9.46. The molecule has 0 N–H and O–H groups in total. The zero-order valence-electron chi connectivity index (χ0n) is 6.87. The predicted molar refractivity (Wildman–Crippen MR) is 45.4 cm³/mol. The first-order chi connectivity index (χ1) is 5.54. The smallest absolute Gasteiger partial charge is 0.133 e. The molecule has 3 heteroatoms. The Bertz CT molecular complexity index is 295. The first-order valence-electron chi connectivity index (χ1n) is 3.62. The largest absolute Gasteiger partial charge is 0.207 e. The number of hydrogen-bond acceptors (Lipinski definition) is 0. The maximum atomic E-state index is 13.2. The molecule has 1 atom stereocenters. The topological polar surface area (TPSA) is 0 Å². The Hall–Kier alpha value is -0.630. The summed E-state index contributed by atoms with van der Waals surface area (Å²) in [6.45, 7) is 3.13. The van der Waals surface area contributed by atoms with E-state index in [1.807, 2.05) is 0 Å². The van der Waals surface area contributed by atoms with Crippen LogP contribution in [0.4, 0.5) is 8.78 Å². The molecule has 0 aliphatic rings. The van der Waals surface area contributed by atoms with Gasteiger partial charge in [-0.3, -0.25) is 0 Å². The third kappa shape index (κ3) is 1.58. The standard InChI is InChI=1S/C9H9ClF2/c1-5-3-4-7(11)8(6(2)10)9(5)12/h3-4,6H,1-2H3. The zero-order valence-corrected chi connectivity index (χ0v) is 7.62. The molecule has 0 heterocycles. The maximum Gasteiger partial charge on any atom is 0.133 e. The molecular weight excluding hydrogens is 182 g/mol. The van der Waals surface area contributed by atoms with Crippen molar-refractivity contribution in [1.82, 2.24) is 0 Å². The second-order valence-electron chi connectivity index (χ2n) is 2.71. The van der Waals surface area contributed by atoms with Crippen LogP contribution in [0.15, 0.2) is 12.1 Å². The van der Waals surface area contributed by atoms with Crippen molar-refractivity contribution in [3.63, 3.8) is 0 Å². The molecule has 0 amide bonds. The van der Waals surface area contributed by atoms with Gasteiger partial charge in [0.2, 0.25) is 0 Å². The van der Waals surface area contributed by atoms with Crippen molar-refractivity contribution in [2.24, 2.45) is 0 Å². The van der Waals surface area contributed by atoms with Gasteiger partial charge in [-0.1, -0.05) is 6.07 Å². The molecular formula is C9H9ClF2. The van der Waals surface area contributed by atoms with Gasteiger partial charge in [-0.15, -0.1) is 11.6 Å². The number of aryl methyl sites for hydroxylation is 1. The molecule has 1 unspecified atom stereocenters. The summed E-state index contributed by atoms with van der Waals surface area (Å²) in [5.74, 6) is -1.13. The van der Waals surface area contributed by atoms with Crippen molar-refractivity contribution < 1.29 is 8.78 Å². The lowest BCUT2D eigenvalue weighted by atomic mass is 10.1. The van der Waals surface area contributed by atoms with E-state index in [1.165, 1.54) is 12.1 Å². The fourth-order valence-electron chi connectivity index (χ4n) is 1.04. The van der Waals surface area contributed by atoms with Crippen molar-refractivity contribution in [2.75, 3.05) is 0 Å². The molecule has 0 radical (unpaired) electrons. The third-order valence-corrected chi connectivity index (χ3v) is 1.94. The Morgan fingerprint density at radius 1 is 1.33 bits per heavy atom. The SMILES string of the molecule is Cc1ccc(F)c(C(C)Cl)c1F. The number of benzene rings is 1. The van der Waals surface area contributed by atoms with Gasteiger partial charge in [0, 0.05) is 5.56 Å². The molecule has 0 spiro atoms. The molecule has 0 aromatic heterocycles. The highest BCUT2D eigenvalue weighted by molar-refractivity contribution is 6.20. The molecule has 0 bridgehead atoms. The highest BCUT2D eigenvalue weighted by Gasteiger charge is 2.15. The van der Waals surface area contributed by atoms with Crippen molar-refractivity contribution >= 4 is 11.6 Å². The average Bonchev–Trinajstić information content (AvgIpc) is 1.97. The van der Waals surface area contributed by atoms with Gasteiger partial charge in [0.05, 0.1) is 5.38 Å². The number of hydrogen-bond donors (Lipinski definition) is 0. The van der Waals surface area contributed by atoms with Gasteiger partial charge in [-0.2, -0.15) is 0 Å². The van der Waals surface area contributed by atoms with Crippen molar-refractivity contribution in [3.8, 4) is 0 Å². The molecule has 66 valence electrons. The van der Waals surface area contributed by atoms with E-state index in [9.17, 15) is 8.78 Å². The van der Waals surface area contributed by atoms with E-state index in [0.717, 1.165) is 0 Å². The second kappa shape index (κ2) is 3.40. The Kier molecular flexibility index (Phi) is 2.68. The van der Waals surface area contributed by atoms with Crippen molar-refractivity contribution in [2.45, 2.75) is 19.2 Å². The molecule has 0 saturated carbocycles. The minimum absolute atomic E-state index is 0.0448. The van der Waals surface area contributed by atoms with Crippen molar-refractivity contribution in [1.29, 1.82) is 0 Å². The zero-order chi connectivity index (χ0) is 9.30. The van der Waals surface area contributed by atoms with Gasteiger partial charge < -0.3 is 0 Å². The quantitative estimate of drug-likeness (QED) is 0.594. The van der Waals surface area contributed by atoms with Gasteiger partial charge >= 0.3 is 0 Å². The minimum atomic E-state index is -0.634. The lowest BCUT2D eigenvalue weighted by molar-refractivity contribution is 0.550. The van der Waals surface area contributed by atoms with Crippen LogP contribution >= 0.6 is 11.6 Å². The summed E-state index contributed by atoms with van der Waals surface area (Å²) in [4.78, 5) is 0. The van der Waals surface area contributed by atoms with Crippen LogP contribution in [0.25, 0.3) is 0 Å².